The lowest BCUT2D eigenvalue weighted by Gasteiger charge is -2.26. The molecule has 0 fully saturated rings. The molecule has 11 aromatic rings. The van der Waals surface area contributed by atoms with Gasteiger partial charge in [-0.2, -0.15) is 0 Å². The number of hydrogen-bond donors (Lipinski definition) is 0. The topological polar surface area (TPSA) is 26.3 Å². The molecule has 0 amide bonds. The summed E-state index contributed by atoms with van der Waals surface area (Å²) in [5.74, 6) is 0.717. The minimum absolute atomic E-state index is 0.310. The Bertz CT molecular complexity index is 3750. The summed E-state index contributed by atoms with van der Waals surface area (Å²) in [6.45, 7) is 0. The van der Waals surface area contributed by atoms with Crippen molar-refractivity contribution >= 4 is 49.5 Å². The van der Waals surface area contributed by atoms with Gasteiger partial charge in [-0.15, -0.1) is 0 Å². The zero-order chi connectivity index (χ0) is 45.0. The fourth-order valence-electron chi connectivity index (χ4n) is 10.6. The van der Waals surface area contributed by atoms with E-state index in [4.69, 9.17) is 8.83 Å². The molecule has 2 heteroatoms. The largest absolute Gasteiger partial charge is 0.452 e. The second-order valence-corrected chi connectivity index (χ2v) is 18.3. The highest BCUT2D eigenvalue weighted by Crippen LogP contribution is 2.43. The third-order valence-electron chi connectivity index (χ3n) is 14.2. The highest BCUT2D eigenvalue weighted by molar-refractivity contribution is 6.19. The zero-order valence-electron chi connectivity index (χ0n) is 37.5. The highest BCUT2D eigenvalue weighted by atomic mass is 16.4. The molecule has 2 atom stereocenters. The second kappa shape index (κ2) is 16.8. The Morgan fingerprint density at radius 1 is 0.353 bits per heavy atom. The molecule has 0 spiro atoms. The first-order valence-electron chi connectivity index (χ1n) is 23.7. The van der Waals surface area contributed by atoms with Crippen molar-refractivity contribution in [2.45, 2.75) is 18.8 Å². The van der Waals surface area contributed by atoms with Crippen LogP contribution in [0.5, 0.6) is 0 Å². The normalized spacial score (nSPS) is 15.9. The number of hydrogen-bond acceptors (Lipinski definition) is 2. The van der Waals surface area contributed by atoms with E-state index in [2.05, 4.69) is 243 Å². The molecule has 9 aromatic carbocycles. The van der Waals surface area contributed by atoms with Crippen LogP contribution < -0.4 is 0 Å². The molecule has 2 aliphatic carbocycles. The molecule has 0 bridgehead atoms. The van der Waals surface area contributed by atoms with Crippen LogP contribution in [0.3, 0.4) is 0 Å². The summed E-state index contributed by atoms with van der Waals surface area (Å²) >= 11 is 0. The fraction of sp³-hybridized carbons (Fsp3) is 0.0606. The summed E-state index contributed by atoms with van der Waals surface area (Å²) < 4.78 is 13.2. The smallest absolute Gasteiger partial charge is 0.178 e. The van der Waals surface area contributed by atoms with Crippen LogP contribution >= 0.6 is 0 Å². The molecule has 2 aromatic heterocycles. The van der Waals surface area contributed by atoms with Gasteiger partial charge in [-0.3, -0.25) is 0 Å². The molecule has 0 aliphatic heterocycles. The van der Waals surface area contributed by atoms with Crippen molar-refractivity contribution in [1.82, 2.24) is 0 Å². The molecule has 2 nitrogen and oxygen atoms in total. The molecular formula is C66H46O2. The van der Waals surface area contributed by atoms with Crippen LogP contribution in [0.1, 0.15) is 29.9 Å². The summed E-state index contributed by atoms with van der Waals surface area (Å²) in [5, 5.41) is 4.26. The molecule has 68 heavy (non-hydrogen) atoms. The first-order valence-corrected chi connectivity index (χ1v) is 23.7. The quantitative estimate of drug-likeness (QED) is 0.152. The van der Waals surface area contributed by atoms with Gasteiger partial charge in [0.25, 0.3) is 0 Å². The number of benzene rings is 9. The standard InChI is InChI=1S/C66H46O2/c1-5-13-43(14-6-1)53-35-54(44-15-7-2-8-16-44)38-57(37-53)49-25-21-47(22-26-49)51-29-33-63-61(41-51)59-31-32-60-62-42-52(30-34-64(62)68-66(60)65(59)67-63)48-23-27-50(28-24-48)58-39-55(45-17-9-3-10-18-45)36-56(40-58)46-19-11-4-12-20-46/h1-19,21-38,40-42,46,58H,20,39H2. The Morgan fingerprint density at radius 2 is 0.809 bits per heavy atom. The molecule has 0 N–H and O–H groups in total. The van der Waals surface area contributed by atoms with Gasteiger partial charge in [0.2, 0.25) is 0 Å². The van der Waals surface area contributed by atoms with E-state index in [9.17, 15) is 0 Å². The van der Waals surface area contributed by atoms with Gasteiger partial charge in [-0.05, 0) is 145 Å². The molecule has 2 heterocycles. The minimum atomic E-state index is 0.310. The summed E-state index contributed by atoms with van der Waals surface area (Å²) in [7, 11) is 0. The summed E-state index contributed by atoms with van der Waals surface area (Å²) in [6, 6.07) is 74.6. The number of rotatable bonds is 8. The Kier molecular flexibility index (Phi) is 9.83. The summed E-state index contributed by atoms with van der Waals surface area (Å²) in [6.07, 6.45) is 15.9. The van der Waals surface area contributed by atoms with Crippen LogP contribution in [0.4, 0.5) is 0 Å². The Hall–Kier alpha value is -8.46. The Morgan fingerprint density at radius 3 is 1.31 bits per heavy atom. The second-order valence-electron chi connectivity index (χ2n) is 18.3. The average Bonchev–Trinajstić information content (AvgIpc) is 4.00. The van der Waals surface area contributed by atoms with Crippen molar-refractivity contribution in [1.29, 1.82) is 0 Å². The lowest BCUT2D eigenvalue weighted by Crippen LogP contribution is -2.09. The predicted octanol–water partition coefficient (Wildman–Crippen LogP) is 18.4. The van der Waals surface area contributed by atoms with Crippen molar-refractivity contribution in [2.24, 2.45) is 5.92 Å². The first-order chi connectivity index (χ1) is 33.6. The monoisotopic (exact) mass is 870 g/mol. The van der Waals surface area contributed by atoms with Crippen molar-refractivity contribution in [3.63, 3.8) is 0 Å². The molecule has 0 radical (unpaired) electrons. The van der Waals surface area contributed by atoms with E-state index >= 15 is 0 Å². The van der Waals surface area contributed by atoms with Crippen LogP contribution in [-0.4, -0.2) is 0 Å². The van der Waals surface area contributed by atoms with E-state index in [-0.39, 0.29) is 0 Å². The van der Waals surface area contributed by atoms with Gasteiger partial charge >= 0.3 is 0 Å². The van der Waals surface area contributed by atoms with Crippen LogP contribution in [0.2, 0.25) is 0 Å². The van der Waals surface area contributed by atoms with Crippen molar-refractivity contribution in [3.05, 3.63) is 259 Å². The van der Waals surface area contributed by atoms with E-state index < -0.39 is 0 Å². The molecular weight excluding hydrogens is 825 g/mol. The maximum atomic E-state index is 6.62. The highest BCUT2D eigenvalue weighted by Gasteiger charge is 2.23. The number of fused-ring (bicyclic) bond motifs is 7. The molecule has 0 saturated carbocycles. The fourth-order valence-corrected chi connectivity index (χ4v) is 10.6. The summed E-state index contributed by atoms with van der Waals surface area (Å²) in [5.41, 5.74) is 20.6. The maximum Gasteiger partial charge on any atom is 0.178 e. The Labute approximate surface area is 396 Å². The van der Waals surface area contributed by atoms with Crippen LogP contribution in [0, 0.1) is 5.92 Å². The Balaban J connectivity index is 0.791. The van der Waals surface area contributed by atoms with E-state index in [1.165, 1.54) is 61.2 Å². The predicted molar refractivity (Wildman–Crippen MR) is 284 cm³/mol. The van der Waals surface area contributed by atoms with Crippen LogP contribution in [0.25, 0.3) is 105 Å². The van der Waals surface area contributed by atoms with Gasteiger partial charge in [0.1, 0.15) is 11.2 Å². The third-order valence-corrected chi connectivity index (χ3v) is 14.2. The van der Waals surface area contributed by atoms with E-state index in [0.717, 1.165) is 73.4 Å². The minimum Gasteiger partial charge on any atom is -0.452 e. The average molecular weight is 871 g/mol. The van der Waals surface area contributed by atoms with Crippen LogP contribution in [0.15, 0.2) is 257 Å². The van der Waals surface area contributed by atoms with Crippen molar-refractivity contribution in [3.8, 4) is 55.6 Å². The summed E-state index contributed by atoms with van der Waals surface area (Å²) in [4.78, 5) is 0. The molecule has 2 aliphatic rings. The third kappa shape index (κ3) is 7.32. The van der Waals surface area contributed by atoms with Gasteiger partial charge in [-0.1, -0.05) is 188 Å². The molecule has 0 saturated heterocycles. The van der Waals surface area contributed by atoms with Gasteiger partial charge < -0.3 is 8.83 Å². The van der Waals surface area contributed by atoms with Crippen LogP contribution in [-0.2, 0) is 0 Å². The zero-order valence-corrected chi connectivity index (χ0v) is 37.5. The van der Waals surface area contributed by atoms with E-state index in [0.29, 0.717) is 11.8 Å². The molecule has 13 rings (SSSR count). The SMILES string of the molecule is C1=CCC(C2=CC(c3ccc(-c4ccc5oc6c(ccc7c8cc(-c9ccc(-c%10cc(-c%11ccccc%11)cc(-c%11ccccc%11)c%10)cc9)ccc8oc76)c5c4)cc3)CC(c3ccccc3)=C2)C=C1. The van der Waals surface area contributed by atoms with Gasteiger partial charge in [0.05, 0.1) is 0 Å². The maximum absolute atomic E-state index is 6.62. The van der Waals surface area contributed by atoms with Crippen molar-refractivity contribution < 1.29 is 8.83 Å². The lowest BCUT2D eigenvalue weighted by molar-refractivity contribution is 0.633. The molecule has 2 unspecified atom stereocenters. The van der Waals surface area contributed by atoms with Gasteiger partial charge in [0, 0.05) is 33.4 Å². The number of allylic oxidation sites excluding steroid dienone is 8. The molecule has 322 valence electrons. The lowest BCUT2D eigenvalue weighted by atomic mass is 9.78. The number of furan rings is 2. The van der Waals surface area contributed by atoms with E-state index in [1.807, 2.05) is 0 Å². The van der Waals surface area contributed by atoms with Gasteiger partial charge in [-0.25, -0.2) is 0 Å². The first kappa shape index (κ1) is 39.9. The van der Waals surface area contributed by atoms with Crippen molar-refractivity contribution in [2.75, 3.05) is 0 Å². The van der Waals surface area contributed by atoms with Gasteiger partial charge in [0.15, 0.2) is 11.2 Å². The van der Waals surface area contributed by atoms with E-state index in [1.54, 1.807) is 0 Å².